The lowest BCUT2D eigenvalue weighted by Gasteiger charge is -2.14. The lowest BCUT2D eigenvalue weighted by molar-refractivity contribution is -0.120. The van der Waals surface area contributed by atoms with Gasteiger partial charge >= 0.3 is 0 Å². The number of Topliss-reactive ketones (excluding diaryl/α,β-unsaturated/α-hetero) is 1. The fraction of sp³-hybridized carbons (Fsp3) is 0.500. The van der Waals surface area contributed by atoms with Crippen LogP contribution in [0.25, 0.3) is 0 Å². The van der Waals surface area contributed by atoms with E-state index in [-0.39, 0.29) is 5.92 Å². The maximum atomic E-state index is 11.5. The van der Waals surface area contributed by atoms with Gasteiger partial charge in [-0.1, -0.05) is 19.1 Å². The highest BCUT2D eigenvalue weighted by atomic mass is 16.5. The molecule has 0 N–H and O–H groups in total. The Morgan fingerprint density at radius 1 is 1.44 bits per heavy atom. The number of ether oxygens (including phenoxy) is 1. The minimum atomic E-state index is 0.228. The summed E-state index contributed by atoms with van der Waals surface area (Å²) in [6, 6.07) is 8.13. The Morgan fingerprint density at radius 3 is 2.88 bits per heavy atom. The summed E-state index contributed by atoms with van der Waals surface area (Å²) in [5, 5.41) is 0. The van der Waals surface area contributed by atoms with Gasteiger partial charge in [-0.3, -0.25) is 4.79 Å². The fourth-order valence-electron chi connectivity index (χ4n) is 2.45. The summed E-state index contributed by atoms with van der Waals surface area (Å²) in [4.78, 5) is 11.5. The number of rotatable bonds is 3. The number of hydrogen-bond donors (Lipinski definition) is 0. The first-order chi connectivity index (χ1) is 7.70. The number of carbonyl (C=O) groups is 1. The average Bonchev–Trinajstić information content (AvgIpc) is 2.61. The second-order valence-corrected chi connectivity index (χ2v) is 4.61. The average molecular weight is 218 g/mol. The van der Waals surface area contributed by atoms with Gasteiger partial charge in [-0.2, -0.15) is 0 Å². The zero-order valence-electron chi connectivity index (χ0n) is 9.90. The largest absolute Gasteiger partial charge is 0.497 e. The minimum Gasteiger partial charge on any atom is -0.497 e. The smallest absolute Gasteiger partial charge is 0.135 e. The van der Waals surface area contributed by atoms with E-state index in [0.29, 0.717) is 11.7 Å². The standard InChI is InChI=1S/C14H18O2/c1-10-12(6-7-14(10)15)8-11-4-3-5-13(9-11)16-2/h3-5,9-10,12H,6-8H2,1-2H3. The Balaban J connectivity index is 2.06. The van der Waals surface area contributed by atoms with E-state index >= 15 is 0 Å². The molecule has 1 saturated carbocycles. The molecule has 0 radical (unpaired) electrons. The SMILES string of the molecule is COc1cccc(CC2CCC(=O)C2C)c1. The first kappa shape index (κ1) is 11.2. The number of methoxy groups -OCH3 is 1. The molecule has 1 aliphatic rings. The summed E-state index contributed by atoms with van der Waals surface area (Å²) in [6.07, 6.45) is 2.79. The second kappa shape index (κ2) is 4.69. The van der Waals surface area contributed by atoms with Crippen LogP contribution in [0.5, 0.6) is 5.75 Å². The van der Waals surface area contributed by atoms with Crippen molar-refractivity contribution >= 4 is 5.78 Å². The third kappa shape index (κ3) is 2.26. The molecule has 1 fully saturated rings. The molecule has 2 rings (SSSR count). The van der Waals surface area contributed by atoms with E-state index in [2.05, 4.69) is 19.1 Å². The van der Waals surface area contributed by atoms with Crippen molar-refractivity contribution in [1.82, 2.24) is 0 Å². The van der Waals surface area contributed by atoms with E-state index in [1.807, 2.05) is 12.1 Å². The first-order valence-corrected chi connectivity index (χ1v) is 5.86. The van der Waals surface area contributed by atoms with Gasteiger partial charge in [0.2, 0.25) is 0 Å². The van der Waals surface area contributed by atoms with Crippen LogP contribution in [-0.4, -0.2) is 12.9 Å². The molecule has 0 aliphatic heterocycles. The molecule has 2 nitrogen and oxygen atoms in total. The zero-order chi connectivity index (χ0) is 11.5. The van der Waals surface area contributed by atoms with Crippen LogP contribution in [0.2, 0.25) is 0 Å². The Kier molecular flexibility index (Phi) is 3.28. The molecular weight excluding hydrogens is 200 g/mol. The van der Waals surface area contributed by atoms with Gasteiger partial charge in [-0.15, -0.1) is 0 Å². The summed E-state index contributed by atoms with van der Waals surface area (Å²) in [5.74, 6) is 2.06. The van der Waals surface area contributed by atoms with Crippen molar-refractivity contribution in [3.8, 4) is 5.75 Å². The first-order valence-electron chi connectivity index (χ1n) is 5.86. The maximum absolute atomic E-state index is 11.5. The topological polar surface area (TPSA) is 26.3 Å². The molecule has 86 valence electrons. The van der Waals surface area contributed by atoms with Crippen LogP contribution in [-0.2, 0) is 11.2 Å². The monoisotopic (exact) mass is 218 g/mol. The maximum Gasteiger partial charge on any atom is 0.135 e. The molecule has 1 aromatic carbocycles. The highest BCUT2D eigenvalue weighted by molar-refractivity contribution is 5.83. The number of carbonyl (C=O) groups excluding carboxylic acids is 1. The van der Waals surface area contributed by atoms with Gasteiger partial charge in [0, 0.05) is 12.3 Å². The van der Waals surface area contributed by atoms with Crippen molar-refractivity contribution in [2.45, 2.75) is 26.2 Å². The lowest BCUT2D eigenvalue weighted by Crippen LogP contribution is -2.12. The summed E-state index contributed by atoms with van der Waals surface area (Å²) in [6.45, 7) is 2.06. The third-order valence-corrected chi connectivity index (χ3v) is 3.61. The van der Waals surface area contributed by atoms with E-state index in [1.54, 1.807) is 7.11 Å². The molecular formula is C14H18O2. The molecule has 1 aliphatic carbocycles. The van der Waals surface area contributed by atoms with E-state index in [4.69, 9.17) is 4.74 Å². The summed E-state index contributed by atoms with van der Waals surface area (Å²) >= 11 is 0. The minimum absolute atomic E-state index is 0.228. The normalized spacial score (nSPS) is 24.8. The Labute approximate surface area is 96.6 Å². The van der Waals surface area contributed by atoms with Crippen LogP contribution < -0.4 is 4.74 Å². The highest BCUT2D eigenvalue weighted by Crippen LogP contribution is 2.31. The van der Waals surface area contributed by atoms with E-state index in [1.165, 1.54) is 5.56 Å². The molecule has 0 amide bonds. The molecule has 1 aromatic rings. The second-order valence-electron chi connectivity index (χ2n) is 4.61. The van der Waals surface area contributed by atoms with Gasteiger partial charge in [0.15, 0.2) is 0 Å². The zero-order valence-corrected chi connectivity index (χ0v) is 9.90. The van der Waals surface area contributed by atoms with Gasteiger partial charge in [0.25, 0.3) is 0 Å². The van der Waals surface area contributed by atoms with Crippen molar-refractivity contribution in [3.63, 3.8) is 0 Å². The van der Waals surface area contributed by atoms with Crippen LogP contribution in [0.1, 0.15) is 25.3 Å². The van der Waals surface area contributed by atoms with Crippen molar-refractivity contribution in [1.29, 1.82) is 0 Å². The van der Waals surface area contributed by atoms with E-state index < -0.39 is 0 Å². The lowest BCUT2D eigenvalue weighted by atomic mass is 9.91. The van der Waals surface area contributed by atoms with Crippen LogP contribution in [0.15, 0.2) is 24.3 Å². The van der Waals surface area contributed by atoms with Gasteiger partial charge < -0.3 is 4.74 Å². The third-order valence-electron chi connectivity index (χ3n) is 3.61. The molecule has 0 aromatic heterocycles. The van der Waals surface area contributed by atoms with Crippen molar-refractivity contribution in [2.24, 2.45) is 11.8 Å². The highest BCUT2D eigenvalue weighted by Gasteiger charge is 2.30. The van der Waals surface area contributed by atoms with Gasteiger partial charge in [0.1, 0.15) is 11.5 Å². The number of ketones is 1. The van der Waals surface area contributed by atoms with Crippen LogP contribution >= 0.6 is 0 Å². The van der Waals surface area contributed by atoms with Crippen LogP contribution in [0, 0.1) is 11.8 Å². The molecule has 16 heavy (non-hydrogen) atoms. The Bertz CT molecular complexity index is 384. The Hall–Kier alpha value is -1.31. The van der Waals surface area contributed by atoms with Crippen LogP contribution in [0.3, 0.4) is 0 Å². The molecule has 2 atom stereocenters. The summed E-state index contributed by atoms with van der Waals surface area (Å²) < 4.78 is 5.20. The van der Waals surface area contributed by atoms with Gasteiger partial charge in [-0.05, 0) is 36.5 Å². The van der Waals surface area contributed by atoms with E-state index in [0.717, 1.165) is 25.0 Å². The fourth-order valence-corrected chi connectivity index (χ4v) is 2.45. The van der Waals surface area contributed by atoms with Crippen molar-refractivity contribution in [2.75, 3.05) is 7.11 Å². The van der Waals surface area contributed by atoms with Crippen LogP contribution in [0.4, 0.5) is 0 Å². The number of hydrogen-bond acceptors (Lipinski definition) is 2. The summed E-state index contributed by atoms with van der Waals surface area (Å²) in [5.41, 5.74) is 1.27. The summed E-state index contributed by atoms with van der Waals surface area (Å²) in [7, 11) is 1.68. The predicted octanol–water partition coefficient (Wildman–Crippen LogP) is 2.85. The van der Waals surface area contributed by atoms with Gasteiger partial charge in [-0.25, -0.2) is 0 Å². The molecule has 0 spiro atoms. The molecule has 2 unspecified atom stereocenters. The molecule has 0 saturated heterocycles. The molecule has 2 heteroatoms. The van der Waals surface area contributed by atoms with Crippen molar-refractivity contribution in [3.05, 3.63) is 29.8 Å². The molecule has 0 bridgehead atoms. The Morgan fingerprint density at radius 2 is 2.25 bits per heavy atom. The molecule has 0 heterocycles. The van der Waals surface area contributed by atoms with Crippen molar-refractivity contribution < 1.29 is 9.53 Å². The predicted molar refractivity (Wildman–Crippen MR) is 63.6 cm³/mol. The number of benzene rings is 1. The quantitative estimate of drug-likeness (QED) is 0.779. The van der Waals surface area contributed by atoms with E-state index in [9.17, 15) is 4.79 Å². The van der Waals surface area contributed by atoms with Gasteiger partial charge in [0.05, 0.1) is 7.11 Å².